The lowest BCUT2D eigenvalue weighted by Gasteiger charge is -2.02. The highest BCUT2D eigenvalue weighted by molar-refractivity contribution is 7.14. The number of rotatable bonds is 3. The number of halogens is 2. The van der Waals surface area contributed by atoms with E-state index < -0.39 is 0 Å². The van der Waals surface area contributed by atoms with Gasteiger partial charge in [0, 0.05) is 10.9 Å². The number of aromatic nitrogens is 2. The predicted molar refractivity (Wildman–Crippen MR) is 84.8 cm³/mol. The van der Waals surface area contributed by atoms with E-state index in [-0.39, 0.29) is 5.82 Å². The Morgan fingerprint density at radius 3 is 2.81 bits per heavy atom. The highest BCUT2D eigenvalue weighted by Crippen LogP contribution is 2.28. The smallest absolute Gasteiger partial charge is 0.187 e. The lowest BCUT2D eigenvalue weighted by atomic mass is 10.1. The van der Waals surface area contributed by atoms with Gasteiger partial charge in [-0.3, -0.25) is 0 Å². The van der Waals surface area contributed by atoms with Gasteiger partial charge in [0.2, 0.25) is 0 Å². The number of nitrogens with zero attached hydrogens (tertiary/aromatic N) is 2. The fourth-order valence-corrected chi connectivity index (χ4v) is 2.69. The van der Waals surface area contributed by atoms with Gasteiger partial charge in [-0.2, -0.15) is 0 Å². The number of thiazole rings is 1. The maximum atomic E-state index is 13.3. The third kappa shape index (κ3) is 3.20. The Bertz CT molecular complexity index is 771. The Morgan fingerprint density at radius 1 is 1.24 bits per heavy atom. The average Bonchev–Trinajstić information content (AvgIpc) is 2.93. The first kappa shape index (κ1) is 14.0. The van der Waals surface area contributed by atoms with Crippen molar-refractivity contribution in [1.82, 2.24) is 9.97 Å². The largest absolute Gasteiger partial charge is 0.330 e. The van der Waals surface area contributed by atoms with Gasteiger partial charge in [0.05, 0.1) is 17.6 Å². The number of hydrogen-bond donors (Lipinski definition) is 1. The topological polar surface area (TPSA) is 37.8 Å². The average molecular weight is 320 g/mol. The molecule has 0 aliphatic carbocycles. The van der Waals surface area contributed by atoms with Crippen LogP contribution in [0.25, 0.3) is 11.3 Å². The summed E-state index contributed by atoms with van der Waals surface area (Å²) in [6.07, 6.45) is 1.64. The number of pyridine rings is 1. The monoisotopic (exact) mass is 319 g/mol. The van der Waals surface area contributed by atoms with Crippen LogP contribution in [0, 0.1) is 12.7 Å². The van der Waals surface area contributed by atoms with Gasteiger partial charge in [-0.15, -0.1) is 11.3 Å². The van der Waals surface area contributed by atoms with Gasteiger partial charge in [0.1, 0.15) is 11.0 Å². The first-order valence-electron chi connectivity index (χ1n) is 6.22. The van der Waals surface area contributed by atoms with Gasteiger partial charge in [-0.05, 0) is 42.8 Å². The van der Waals surface area contributed by atoms with Crippen LogP contribution < -0.4 is 5.32 Å². The van der Waals surface area contributed by atoms with Crippen LogP contribution in [-0.2, 0) is 0 Å². The van der Waals surface area contributed by atoms with Crippen LogP contribution >= 0.6 is 22.9 Å². The quantitative estimate of drug-likeness (QED) is 0.686. The van der Waals surface area contributed by atoms with Crippen molar-refractivity contribution in [2.24, 2.45) is 0 Å². The molecule has 21 heavy (non-hydrogen) atoms. The van der Waals surface area contributed by atoms with E-state index >= 15 is 0 Å². The van der Waals surface area contributed by atoms with Crippen molar-refractivity contribution in [3.05, 3.63) is 58.4 Å². The Kier molecular flexibility index (Phi) is 3.86. The fraction of sp³-hybridized carbons (Fsp3) is 0.0667. The van der Waals surface area contributed by atoms with E-state index in [0.29, 0.717) is 10.7 Å². The molecule has 6 heteroatoms. The number of benzene rings is 1. The summed E-state index contributed by atoms with van der Waals surface area (Å²) in [5.74, 6) is -0.209. The SMILES string of the molecule is Cc1cc(-c2csc(Nc3ccc(Cl)nc3)n2)ccc1F. The van der Waals surface area contributed by atoms with Gasteiger partial charge >= 0.3 is 0 Å². The summed E-state index contributed by atoms with van der Waals surface area (Å²) in [6, 6.07) is 8.52. The molecule has 0 aliphatic rings. The molecule has 0 unspecified atom stereocenters. The van der Waals surface area contributed by atoms with Crippen LogP contribution in [0.15, 0.2) is 41.9 Å². The number of nitrogens with one attached hydrogen (secondary N) is 1. The molecule has 0 saturated carbocycles. The molecule has 0 saturated heterocycles. The van der Waals surface area contributed by atoms with E-state index in [0.717, 1.165) is 22.1 Å². The molecule has 3 aromatic rings. The van der Waals surface area contributed by atoms with Crippen LogP contribution in [0.2, 0.25) is 5.15 Å². The molecule has 0 amide bonds. The first-order valence-corrected chi connectivity index (χ1v) is 7.48. The molecule has 0 atom stereocenters. The minimum atomic E-state index is -0.209. The van der Waals surface area contributed by atoms with Crippen molar-refractivity contribution in [1.29, 1.82) is 0 Å². The maximum Gasteiger partial charge on any atom is 0.187 e. The summed E-state index contributed by atoms with van der Waals surface area (Å²) in [7, 11) is 0. The van der Waals surface area contributed by atoms with Gasteiger partial charge in [0.15, 0.2) is 5.13 Å². The molecular formula is C15H11ClFN3S. The zero-order chi connectivity index (χ0) is 14.8. The second-order valence-corrected chi connectivity index (χ2v) is 5.74. The van der Waals surface area contributed by atoms with E-state index in [4.69, 9.17) is 11.6 Å². The molecule has 106 valence electrons. The molecule has 0 fully saturated rings. The first-order chi connectivity index (χ1) is 10.1. The Morgan fingerprint density at radius 2 is 2.10 bits per heavy atom. The summed E-state index contributed by atoms with van der Waals surface area (Å²) in [5.41, 5.74) is 3.13. The minimum absolute atomic E-state index is 0.209. The summed E-state index contributed by atoms with van der Waals surface area (Å²) >= 11 is 7.22. The second kappa shape index (κ2) is 5.79. The van der Waals surface area contributed by atoms with E-state index in [1.165, 1.54) is 17.4 Å². The standard InChI is InChI=1S/C15H11ClFN3S/c1-9-6-10(2-4-12(9)17)13-8-21-15(20-13)19-11-3-5-14(16)18-7-11/h2-8H,1H3,(H,19,20). The molecule has 2 heterocycles. The molecule has 3 nitrogen and oxygen atoms in total. The third-order valence-corrected chi connectivity index (χ3v) is 3.92. The van der Waals surface area contributed by atoms with Crippen molar-refractivity contribution in [3.8, 4) is 11.3 Å². The molecular weight excluding hydrogens is 309 g/mol. The minimum Gasteiger partial charge on any atom is -0.330 e. The van der Waals surface area contributed by atoms with Crippen molar-refractivity contribution in [3.63, 3.8) is 0 Å². The van der Waals surface area contributed by atoms with E-state index in [1.807, 2.05) is 11.4 Å². The molecule has 2 aromatic heterocycles. The molecule has 0 spiro atoms. The van der Waals surface area contributed by atoms with Crippen LogP contribution in [0.3, 0.4) is 0 Å². The van der Waals surface area contributed by atoms with Crippen LogP contribution in [-0.4, -0.2) is 9.97 Å². The van der Waals surface area contributed by atoms with Crippen molar-refractivity contribution in [2.75, 3.05) is 5.32 Å². The van der Waals surface area contributed by atoms with E-state index in [2.05, 4.69) is 15.3 Å². The lowest BCUT2D eigenvalue weighted by Crippen LogP contribution is -1.90. The van der Waals surface area contributed by atoms with Crippen molar-refractivity contribution in [2.45, 2.75) is 6.92 Å². The zero-order valence-electron chi connectivity index (χ0n) is 11.1. The summed E-state index contributed by atoms with van der Waals surface area (Å²) in [6.45, 7) is 1.74. The lowest BCUT2D eigenvalue weighted by molar-refractivity contribution is 0.619. The normalized spacial score (nSPS) is 10.6. The zero-order valence-corrected chi connectivity index (χ0v) is 12.7. The number of aryl methyl sites for hydroxylation is 1. The summed E-state index contributed by atoms with van der Waals surface area (Å²) < 4.78 is 13.3. The van der Waals surface area contributed by atoms with Crippen LogP contribution in [0.4, 0.5) is 15.2 Å². The molecule has 1 aromatic carbocycles. The van der Waals surface area contributed by atoms with Gasteiger partial charge < -0.3 is 5.32 Å². The van der Waals surface area contributed by atoms with E-state index in [1.54, 1.807) is 31.3 Å². The van der Waals surface area contributed by atoms with Crippen molar-refractivity contribution < 1.29 is 4.39 Å². The maximum absolute atomic E-state index is 13.3. The number of hydrogen-bond acceptors (Lipinski definition) is 4. The van der Waals surface area contributed by atoms with Gasteiger partial charge in [-0.1, -0.05) is 11.6 Å². The third-order valence-electron chi connectivity index (χ3n) is 2.94. The molecule has 0 aliphatic heterocycles. The molecule has 0 radical (unpaired) electrons. The molecule has 3 rings (SSSR count). The highest BCUT2D eigenvalue weighted by Gasteiger charge is 2.07. The van der Waals surface area contributed by atoms with Crippen molar-refractivity contribution >= 4 is 33.8 Å². The predicted octanol–water partition coefficient (Wildman–Crippen LogP) is 5.05. The summed E-state index contributed by atoms with van der Waals surface area (Å²) in [5, 5.41) is 6.28. The molecule has 1 N–H and O–H groups in total. The summed E-state index contributed by atoms with van der Waals surface area (Å²) in [4.78, 5) is 8.49. The Balaban J connectivity index is 1.82. The second-order valence-electron chi connectivity index (χ2n) is 4.50. The van der Waals surface area contributed by atoms with E-state index in [9.17, 15) is 4.39 Å². The molecule has 0 bridgehead atoms. The van der Waals surface area contributed by atoms with Gasteiger partial charge in [0.25, 0.3) is 0 Å². The highest BCUT2D eigenvalue weighted by atomic mass is 35.5. The van der Waals surface area contributed by atoms with Gasteiger partial charge in [-0.25, -0.2) is 14.4 Å². The Hall–Kier alpha value is -1.98. The Labute approximate surface area is 130 Å². The van der Waals surface area contributed by atoms with Crippen LogP contribution in [0.5, 0.6) is 0 Å². The fourth-order valence-electron chi connectivity index (χ4n) is 1.84. The number of anilines is 2. The van der Waals surface area contributed by atoms with Crippen LogP contribution in [0.1, 0.15) is 5.56 Å².